The van der Waals surface area contributed by atoms with Crippen LogP contribution in [0.3, 0.4) is 0 Å². The van der Waals surface area contributed by atoms with E-state index in [1.165, 1.54) is 0 Å². The standard InChI is InChI=1S/C11H9O2.C11H8O2.Mn/c2*12-11(13)10-6-5-8-3-1-2-4-9(8)7-10;/h1-7,11-12H;1-7H,(H,12,13);/q-1;;+2/p-1. The van der Waals surface area contributed by atoms with E-state index in [9.17, 15) is 15.0 Å². The second-order valence-electron chi connectivity index (χ2n) is 5.81. The number of rotatable bonds is 2. The van der Waals surface area contributed by atoms with Crippen molar-refractivity contribution in [2.45, 2.75) is 6.29 Å². The molecule has 5 heteroatoms. The maximum absolute atomic E-state index is 10.7. The number of carbonyl (C=O) groups excluding carboxylic acids is 1. The van der Waals surface area contributed by atoms with Gasteiger partial charge in [0.25, 0.3) is 0 Å². The van der Waals surface area contributed by atoms with Gasteiger partial charge in [-0.25, -0.2) is 0 Å². The molecule has 0 saturated heterocycles. The Morgan fingerprint density at radius 2 is 1.22 bits per heavy atom. The summed E-state index contributed by atoms with van der Waals surface area (Å²) in [5, 5.41) is 34.1. The number of hydrogen-bond acceptors (Lipinski definition) is 4. The molecule has 27 heavy (non-hydrogen) atoms. The molecule has 0 amide bonds. The minimum absolute atomic E-state index is 0. The van der Waals surface area contributed by atoms with Crippen molar-refractivity contribution in [2.75, 3.05) is 0 Å². The Bertz CT molecular complexity index is 1060. The van der Waals surface area contributed by atoms with Gasteiger partial charge in [0.05, 0.1) is 5.97 Å². The van der Waals surface area contributed by atoms with E-state index in [2.05, 4.69) is 0 Å². The smallest absolute Gasteiger partial charge is 0.828 e. The Hall–Kier alpha value is -2.69. The number of aliphatic hydroxyl groups is 1. The van der Waals surface area contributed by atoms with Gasteiger partial charge in [0.15, 0.2) is 0 Å². The molecule has 0 aromatic heterocycles. The summed E-state index contributed by atoms with van der Waals surface area (Å²) in [6, 6.07) is 25.5. The van der Waals surface area contributed by atoms with Gasteiger partial charge in [-0.05, 0) is 44.8 Å². The zero-order valence-electron chi connectivity index (χ0n) is 14.2. The number of carboxylic acid groups (broad SMARTS) is 1. The van der Waals surface area contributed by atoms with Gasteiger partial charge in [-0.3, -0.25) is 0 Å². The van der Waals surface area contributed by atoms with Gasteiger partial charge < -0.3 is 20.1 Å². The minimum atomic E-state index is -1.63. The Labute approximate surface area is 167 Å². The molecule has 1 atom stereocenters. The largest absolute Gasteiger partial charge is 2.00 e. The SMILES string of the molecule is O=C([O-])c1ccc2ccccc2c1.[Mn+2].[O-]C(O)c1ccc2ccccc2c1. The molecule has 4 rings (SSSR count). The zero-order chi connectivity index (χ0) is 18.5. The van der Waals surface area contributed by atoms with E-state index in [0.717, 1.165) is 21.5 Å². The number of benzene rings is 4. The van der Waals surface area contributed by atoms with Crippen LogP contribution in [0.15, 0.2) is 84.9 Å². The van der Waals surface area contributed by atoms with E-state index >= 15 is 0 Å². The van der Waals surface area contributed by atoms with Crippen LogP contribution in [0.2, 0.25) is 0 Å². The van der Waals surface area contributed by atoms with Crippen LogP contribution in [0.4, 0.5) is 0 Å². The number of carboxylic acids is 1. The second kappa shape index (κ2) is 9.31. The van der Waals surface area contributed by atoms with E-state index in [-0.39, 0.29) is 22.6 Å². The molecule has 4 nitrogen and oxygen atoms in total. The molecular formula is C22H16MnO4. The van der Waals surface area contributed by atoms with Crippen LogP contribution in [0.1, 0.15) is 22.2 Å². The van der Waals surface area contributed by atoms with Crippen molar-refractivity contribution in [3.63, 3.8) is 0 Å². The van der Waals surface area contributed by atoms with Gasteiger partial charge in [0.2, 0.25) is 0 Å². The fourth-order valence-corrected chi connectivity index (χ4v) is 2.68. The normalized spacial score (nSPS) is 11.2. The maximum atomic E-state index is 10.7. The summed E-state index contributed by atoms with van der Waals surface area (Å²) in [5.74, 6) is -1.13. The van der Waals surface area contributed by atoms with Crippen molar-refractivity contribution in [3.05, 3.63) is 96.1 Å². The zero-order valence-corrected chi connectivity index (χ0v) is 15.4. The van der Waals surface area contributed by atoms with Crippen LogP contribution in [0, 0.1) is 0 Å². The van der Waals surface area contributed by atoms with Gasteiger partial charge in [-0.2, -0.15) is 0 Å². The van der Waals surface area contributed by atoms with Crippen LogP contribution < -0.4 is 10.2 Å². The molecule has 1 unspecified atom stereocenters. The van der Waals surface area contributed by atoms with Gasteiger partial charge in [0, 0.05) is 6.29 Å². The maximum Gasteiger partial charge on any atom is 2.00 e. The molecule has 0 fully saturated rings. The molecule has 1 N–H and O–H groups in total. The number of fused-ring (bicyclic) bond motifs is 2. The van der Waals surface area contributed by atoms with E-state index < -0.39 is 12.3 Å². The molecule has 0 spiro atoms. The molecule has 1 radical (unpaired) electrons. The van der Waals surface area contributed by atoms with E-state index in [0.29, 0.717) is 5.56 Å². The molecule has 0 saturated carbocycles. The quantitative estimate of drug-likeness (QED) is 0.415. The van der Waals surface area contributed by atoms with Gasteiger partial charge >= 0.3 is 17.1 Å². The van der Waals surface area contributed by atoms with Crippen molar-refractivity contribution in [2.24, 2.45) is 0 Å². The first-order valence-electron chi connectivity index (χ1n) is 8.07. The average Bonchev–Trinajstić information content (AvgIpc) is 2.67. The fourth-order valence-electron chi connectivity index (χ4n) is 2.68. The summed E-state index contributed by atoms with van der Waals surface area (Å²) in [5.41, 5.74) is 0.636. The molecule has 135 valence electrons. The second-order valence-corrected chi connectivity index (χ2v) is 5.81. The summed E-state index contributed by atoms with van der Waals surface area (Å²) in [6.45, 7) is 0. The van der Waals surface area contributed by atoms with Gasteiger partial charge in [0.1, 0.15) is 0 Å². The first-order valence-corrected chi connectivity index (χ1v) is 8.07. The summed E-state index contributed by atoms with van der Waals surface area (Å²) < 4.78 is 0. The van der Waals surface area contributed by atoms with Crippen molar-refractivity contribution in [3.8, 4) is 0 Å². The first-order chi connectivity index (χ1) is 12.5. The van der Waals surface area contributed by atoms with Gasteiger partial charge in [-0.15, -0.1) is 0 Å². The molecule has 0 aliphatic heterocycles. The molecule has 0 bridgehead atoms. The Kier molecular flexibility index (Phi) is 7.11. The molecule has 4 aromatic rings. The fraction of sp³-hybridized carbons (Fsp3) is 0.0455. The Morgan fingerprint density at radius 3 is 1.74 bits per heavy atom. The number of aliphatic hydroxyl groups excluding tert-OH is 1. The number of carbonyl (C=O) groups is 1. The predicted molar refractivity (Wildman–Crippen MR) is 97.2 cm³/mol. The Balaban J connectivity index is 0.000000187. The third-order valence-corrected chi connectivity index (χ3v) is 4.04. The molecule has 4 aromatic carbocycles. The van der Waals surface area contributed by atoms with Crippen molar-refractivity contribution < 1.29 is 37.2 Å². The van der Waals surface area contributed by atoms with Crippen LogP contribution in [-0.2, 0) is 17.1 Å². The molecular weight excluding hydrogens is 383 g/mol. The van der Waals surface area contributed by atoms with Crippen molar-refractivity contribution in [1.29, 1.82) is 0 Å². The summed E-state index contributed by atoms with van der Waals surface area (Å²) >= 11 is 0. The van der Waals surface area contributed by atoms with E-state index in [1.807, 2.05) is 54.6 Å². The molecule has 0 aliphatic rings. The minimum Gasteiger partial charge on any atom is -0.828 e. The van der Waals surface area contributed by atoms with Crippen LogP contribution >= 0.6 is 0 Å². The van der Waals surface area contributed by atoms with Gasteiger partial charge in [-0.1, -0.05) is 72.8 Å². The van der Waals surface area contributed by atoms with Crippen LogP contribution in [-0.4, -0.2) is 11.1 Å². The predicted octanol–water partition coefficient (Wildman–Crippen LogP) is 2.39. The van der Waals surface area contributed by atoms with Crippen molar-refractivity contribution in [1.82, 2.24) is 0 Å². The van der Waals surface area contributed by atoms with Crippen molar-refractivity contribution >= 4 is 27.5 Å². The molecule has 0 aliphatic carbocycles. The number of aromatic carboxylic acids is 1. The average molecular weight is 399 g/mol. The molecule has 0 heterocycles. The topological polar surface area (TPSA) is 83.4 Å². The van der Waals surface area contributed by atoms with E-state index in [1.54, 1.807) is 30.3 Å². The van der Waals surface area contributed by atoms with E-state index in [4.69, 9.17) is 5.11 Å². The summed E-state index contributed by atoms with van der Waals surface area (Å²) in [7, 11) is 0. The monoisotopic (exact) mass is 399 g/mol. The number of hydrogen-bond donors (Lipinski definition) is 1. The van der Waals surface area contributed by atoms with Crippen LogP contribution in [0.5, 0.6) is 0 Å². The van der Waals surface area contributed by atoms with Crippen LogP contribution in [0.25, 0.3) is 21.5 Å². The summed E-state index contributed by atoms with van der Waals surface area (Å²) in [6.07, 6.45) is -1.63. The summed E-state index contributed by atoms with van der Waals surface area (Å²) in [4.78, 5) is 10.5. The third-order valence-electron chi connectivity index (χ3n) is 4.04. The first kappa shape index (κ1) is 20.6. The third kappa shape index (κ3) is 5.16. The Morgan fingerprint density at radius 1 is 0.741 bits per heavy atom.